The lowest BCUT2D eigenvalue weighted by Gasteiger charge is -2.14. The number of halogens is 2. The van der Waals surface area contributed by atoms with Crippen molar-refractivity contribution < 1.29 is 18.3 Å². The smallest absolute Gasteiger partial charge is 0.195 e. The molecule has 0 heterocycles. The molecule has 5 nitrogen and oxygen atoms in total. The number of hydrogen-bond acceptors (Lipinski definition) is 3. The van der Waals surface area contributed by atoms with Crippen molar-refractivity contribution in [2.45, 2.75) is 6.42 Å². The largest absolute Gasteiger partial charge is 0.493 e. The molecular formula is C18H21F2N3O2. The van der Waals surface area contributed by atoms with Crippen LogP contribution in [0.4, 0.5) is 14.5 Å². The number of aliphatic imine (C=N–C) groups is 1. The molecule has 134 valence electrons. The minimum atomic E-state index is -0.842. The molecule has 0 spiro atoms. The van der Waals surface area contributed by atoms with Gasteiger partial charge in [-0.2, -0.15) is 0 Å². The van der Waals surface area contributed by atoms with Gasteiger partial charge in [-0.3, -0.25) is 4.99 Å². The predicted octanol–water partition coefficient (Wildman–Crippen LogP) is 3.21. The van der Waals surface area contributed by atoms with Crippen molar-refractivity contribution in [1.82, 2.24) is 5.32 Å². The van der Waals surface area contributed by atoms with Crippen LogP contribution in [0.3, 0.4) is 0 Å². The summed E-state index contributed by atoms with van der Waals surface area (Å²) in [5.41, 5.74) is 1.07. The standard InChI is InChI=1S/C18H21F2N3O2/c1-21-18(22-10-9-12-5-4-6-14(19)17(12)20)23-13-7-8-15(24-2)16(11-13)25-3/h4-8,11H,9-10H2,1-3H3,(H2,21,22,23). The van der Waals surface area contributed by atoms with Crippen LogP contribution in [0.1, 0.15) is 5.56 Å². The summed E-state index contributed by atoms with van der Waals surface area (Å²) in [5, 5.41) is 6.16. The first-order chi connectivity index (χ1) is 12.1. The van der Waals surface area contributed by atoms with Crippen LogP contribution < -0.4 is 20.1 Å². The van der Waals surface area contributed by atoms with Gasteiger partial charge in [0.2, 0.25) is 0 Å². The third-order valence-electron chi connectivity index (χ3n) is 3.59. The molecule has 0 radical (unpaired) electrons. The molecule has 2 aromatic rings. The van der Waals surface area contributed by atoms with Crippen LogP contribution in [0.5, 0.6) is 11.5 Å². The zero-order chi connectivity index (χ0) is 18.2. The maximum atomic E-state index is 13.6. The van der Waals surface area contributed by atoms with Gasteiger partial charge in [0.05, 0.1) is 14.2 Å². The van der Waals surface area contributed by atoms with Crippen LogP contribution in [-0.4, -0.2) is 33.8 Å². The third kappa shape index (κ3) is 4.82. The molecule has 0 unspecified atom stereocenters. The van der Waals surface area contributed by atoms with Crippen molar-refractivity contribution in [2.75, 3.05) is 33.1 Å². The number of hydrogen-bond donors (Lipinski definition) is 2. The van der Waals surface area contributed by atoms with Crippen molar-refractivity contribution in [1.29, 1.82) is 0 Å². The molecule has 0 saturated heterocycles. The van der Waals surface area contributed by atoms with E-state index in [1.807, 2.05) is 6.07 Å². The van der Waals surface area contributed by atoms with E-state index in [0.29, 0.717) is 36.0 Å². The van der Waals surface area contributed by atoms with Gasteiger partial charge in [0.1, 0.15) is 0 Å². The van der Waals surface area contributed by atoms with E-state index in [0.717, 1.165) is 11.8 Å². The Morgan fingerprint density at radius 2 is 1.84 bits per heavy atom. The average molecular weight is 349 g/mol. The number of ether oxygens (including phenoxy) is 2. The molecule has 0 aromatic heterocycles. The number of rotatable bonds is 6. The predicted molar refractivity (Wildman–Crippen MR) is 94.6 cm³/mol. The Labute approximate surface area is 145 Å². The molecule has 0 aliphatic carbocycles. The van der Waals surface area contributed by atoms with Gasteiger partial charge in [-0.05, 0) is 30.2 Å². The fourth-order valence-corrected chi connectivity index (χ4v) is 2.29. The monoisotopic (exact) mass is 349 g/mol. The summed E-state index contributed by atoms with van der Waals surface area (Å²) in [6.07, 6.45) is 0.330. The molecule has 0 atom stereocenters. The van der Waals surface area contributed by atoms with Crippen LogP contribution in [0.25, 0.3) is 0 Å². The maximum absolute atomic E-state index is 13.6. The van der Waals surface area contributed by atoms with Crippen LogP contribution >= 0.6 is 0 Å². The van der Waals surface area contributed by atoms with E-state index < -0.39 is 11.6 Å². The van der Waals surface area contributed by atoms with Crippen molar-refractivity contribution in [3.05, 3.63) is 53.6 Å². The van der Waals surface area contributed by atoms with Gasteiger partial charge in [0.15, 0.2) is 29.1 Å². The number of nitrogens with one attached hydrogen (secondary N) is 2. The zero-order valence-corrected chi connectivity index (χ0v) is 14.4. The number of methoxy groups -OCH3 is 2. The van der Waals surface area contributed by atoms with Gasteiger partial charge in [0, 0.05) is 25.3 Å². The van der Waals surface area contributed by atoms with Gasteiger partial charge in [0.25, 0.3) is 0 Å². The highest BCUT2D eigenvalue weighted by Gasteiger charge is 2.08. The highest BCUT2D eigenvalue weighted by Crippen LogP contribution is 2.29. The summed E-state index contributed by atoms with van der Waals surface area (Å²) in [4.78, 5) is 4.11. The molecular weight excluding hydrogens is 328 g/mol. The second kappa shape index (κ2) is 8.86. The summed E-state index contributed by atoms with van der Waals surface area (Å²) in [5.74, 6) is 0.0591. The lowest BCUT2D eigenvalue weighted by Crippen LogP contribution is -2.32. The number of nitrogens with zero attached hydrogens (tertiary/aromatic N) is 1. The third-order valence-corrected chi connectivity index (χ3v) is 3.59. The Morgan fingerprint density at radius 1 is 1.08 bits per heavy atom. The van der Waals surface area contributed by atoms with E-state index in [-0.39, 0.29) is 0 Å². The van der Waals surface area contributed by atoms with Crippen LogP contribution in [0, 0.1) is 11.6 Å². The molecule has 0 fully saturated rings. The summed E-state index contributed by atoms with van der Waals surface area (Å²) < 4.78 is 37.3. The highest BCUT2D eigenvalue weighted by molar-refractivity contribution is 5.93. The second-order valence-electron chi connectivity index (χ2n) is 5.16. The lowest BCUT2D eigenvalue weighted by molar-refractivity contribution is 0.355. The summed E-state index contributed by atoms with van der Waals surface area (Å²) in [6, 6.07) is 9.52. The molecule has 2 N–H and O–H groups in total. The molecule has 0 aliphatic heterocycles. The molecule has 2 rings (SSSR count). The van der Waals surface area contributed by atoms with Crippen LogP contribution in [-0.2, 0) is 6.42 Å². The van der Waals surface area contributed by atoms with Gasteiger partial charge >= 0.3 is 0 Å². The molecule has 0 aliphatic rings. The topological polar surface area (TPSA) is 54.9 Å². The molecule has 0 bridgehead atoms. The van der Waals surface area contributed by atoms with E-state index >= 15 is 0 Å². The van der Waals surface area contributed by atoms with Crippen molar-refractivity contribution in [3.63, 3.8) is 0 Å². The molecule has 7 heteroatoms. The summed E-state index contributed by atoms with van der Waals surface area (Å²) in [7, 11) is 4.75. The van der Waals surface area contributed by atoms with Gasteiger partial charge < -0.3 is 20.1 Å². The first kappa shape index (κ1) is 18.5. The summed E-state index contributed by atoms with van der Waals surface area (Å²) in [6.45, 7) is 0.396. The minimum Gasteiger partial charge on any atom is -0.493 e. The minimum absolute atomic E-state index is 0.314. The van der Waals surface area contributed by atoms with Gasteiger partial charge in [-0.15, -0.1) is 0 Å². The van der Waals surface area contributed by atoms with Gasteiger partial charge in [-0.25, -0.2) is 8.78 Å². The van der Waals surface area contributed by atoms with Crippen LogP contribution in [0.2, 0.25) is 0 Å². The Hall–Kier alpha value is -2.83. The maximum Gasteiger partial charge on any atom is 0.195 e. The number of anilines is 1. The normalized spacial score (nSPS) is 11.2. The van der Waals surface area contributed by atoms with Gasteiger partial charge in [-0.1, -0.05) is 12.1 Å². The van der Waals surface area contributed by atoms with E-state index in [4.69, 9.17) is 9.47 Å². The Kier molecular flexibility index (Phi) is 6.56. The molecule has 0 amide bonds. The second-order valence-corrected chi connectivity index (χ2v) is 5.16. The zero-order valence-electron chi connectivity index (χ0n) is 14.4. The number of guanidine groups is 1. The van der Waals surface area contributed by atoms with Crippen molar-refractivity contribution in [2.24, 2.45) is 4.99 Å². The van der Waals surface area contributed by atoms with Crippen molar-refractivity contribution >= 4 is 11.6 Å². The SMILES string of the molecule is CN=C(NCCc1cccc(F)c1F)Nc1ccc(OC)c(OC)c1. The Morgan fingerprint density at radius 3 is 2.52 bits per heavy atom. The fraction of sp³-hybridized carbons (Fsp3) is 0.278. The number of benzene rings is 2. The Bertz CT molecular complexity index is 751. The van der Waals surface area contributed by atoms with E-state index in [1.54, 1.807) is 39.5 Å². The van der Waals surface area contributed by atoms with Crippen LogP contribution in [0.15, 0.2) is 41.4 Å². The van der Waals surface area contributed by atoms with E-state index in [1.165, 1.54) is 6.07 Å². The van der Waals surface area contributed by atoms with E-state index in [2.05, 4.69) is 15.6 Å². The van der Waals surface area contributed by atoms with E-state index in [9.17, 15) is 8.78 Å². The first-order valence-corrected chi connectivity index (χ1v) is 7.71. The Balaban J connectivity index is 1.96. The summed E-state index contributed by atoms with van der Waals surface area (Å²) >= 11 is 0. The quantitative estimate of drug-likeness (QED) is 0.621. The highest BCUT2D eigenvalue weighted by atomic mass is 19.2. The molecule has 2 aromatic carbocycles. The average Bonchev–Trinajstić information content (AvgIpc) is 2.64. The fourth-order valence-electron chi connectivity index (χ4n) is 2.29. The molecule has 0 saturated carbocycles. The molecule has 25 heavy (non-hydrogen) atoms. The first-order valence-electron chi connectivity index (χ1n) is 7.71. The lowest BCUT2D eigenvalue weighted by atomic mass is 10.1. The van der Waals surface area contributed by atoms with Crippen molar-refractivity contribution in [3.8, 4) is 11.5 Å².